The normalized spacial score (nSPS) is 16.5. The number of nitrogens with one attached hydrogen (secondary N) is 1. The third kappa shape index (κ3) is 4.11. The van der Waals surface area contributed by atoms with Gasteiger partial charge in [0, 0.05) is 29.3 Å². The maximum absolute atomic E-state index is 14.9. The topological polar surface area (TPSA) is 105 Å². The number of benzene rings is 2. The van der Waals surface area contributed by atoms with Gasteiger partial charge in [-0.15, -0.1) is 0 Å². The Bertz CT molecular complexity index is 1550. The first-order valence-electron chi connectivity index (χ1n) is 10.2. The lowest BCUT2D eigenvalue weighted by atomic mass is 9.92. The van der Waals surface area contributed by atoms with Gasteiger partial charge in [0.25, 0.3) is 0 Å². The van der Waals surface area contributed by atoms with Gasteiger partial charge in [0.05, 0.1) is 16.0 Å². The number of nitrogens with two attached hydrogens (primary N) is 1. The van der Waals surface area contributed by atoms with Crippen molar-refractivity contribution in [3.05, 3.63) is 82.0 Å². The van der Waals surface area contributed by atoms with E-state index < -0.39 is 33.8 Å². The third-order valence-electron chi connectivity index (χ3n) is 5.89. The zero-order chi connectivity index (χ0) is 25.1. The lowest BCUT2D eigenvalue weighted by Crippen LogP contribution is -2.37. The van der Waals surface area contributed by atoms with Crippen molar-refractivity contribution >= 4 is 38.5 Å². The number of H-pyrrole nitrogens is 1. The van der Waals surface area contributed by atoms with Gasteiger partial charge in [-0.2, -0.15) is 13.2 Å². The van der Waals surface area contributed by atoms with Crippen LogP contribution in [-0.4, -0.2) is 29.9 Å². The number of anilines is 1. The van der Waals surface area contributed by atoms with Crippen molar-refractivity contribution in [3.63, 3.8) is 0 Å². The van der Waals surface area contributed by atoms with Crippen molar-refractivity contribution in [3.8, 4) is 0 Å². The highest BCUT2D eigenvalue weighted by Gasteiger charge is 2.37. The molecule has 0 saturated carbocycles. The Morgan fingerprint density at radius 2 is 1.83 bits per heavy atom. The predicted octanol–water partition coefficient (Wildman–Crippen LogP) is 4.57. The first kappa shape index (κ1) is 23.5. The number of aromatic nitrogens is 3. The molecule has 1 unspecified atom stereocenters. The highest BCUT2D eigenvalue weighted by atomic mass is 35.5. The summed E-state index contributed by atoms with van der Waals surface area (Å²) in [6.07, 6.45) is -3.38. The van der Waals surface area contributed by atoms with Gasteiger partial charge < -0.3 is 9.88 Å². The highest BCUT2D eigenvalue weighted by Crippen LogP contribution is 2.42. The molecule has 1 atom stereocenters. The van der Waals surface area contributed by atoms with Crippen LogP contribution in [0.5, 0.6) is 0 Å². The van der Waals surface area contributed by atoms with Crippen LogP contribution in [0, 0.1) is 5.82 Å². The van der Waals surface area contributed by atoms with Crippen molar-refractivity contribution in [2.75, 3.05) is 11.4 Å². The Morgan fingerprint density at radius 3 is 2.49 bits per heavy atom. The number of rotatable bonds is 3. The number of nitrogens with zero attached hydrogens (tertiary/aromatic N) is 3. The molecule has 0 fully saturated rings. The molecule has 3 heterocycles. The molecular weight excluding hydrogens is 510 g/mol. The molecule has 2 aromatic carbocycles. The summed E-state index contributed by atoms with van der Waals surface area (Å²) in [5, 5.41) is 5.43. The smallest absolute Gasteiger partial charge is 0.356 e. The summed E-state index contributed by atoms with van der Waals surface area (Å²) in [6, 6.07) is 8.60. The molecule has 35 heavy (non-hydrogen) atoms. The van der Waals surface area contributed by atoms with E-state index in [1.54, 1.807) is 11.0 Å². The van der Waals surface area contributed by atoms with E-state index >= 15 is 0 Å². The largest absolute Gasteiger partial charge is 0.433 e. The molecule has 2 aromatic heterocycles. The molecule has 3 N–H and O–H groups in total. The van der Waals surface area contributed by atoms with Gasteiger partial charge in [0.1, 0.15) is 5.69 Å². The van der Waals surface area contributed by atoms with Gasteiger partial charge >= 0.3 is 6.18 Å². The molecule has 7 nitrogen and oxygen atoms in total. The van der Waals surface area contributed by atoms with Crippen molar-refractivity contribution in [1.82, 2.24) is 15.0 Å². The average Bonchev–Trinajstić information content (AvgIpc) is 3.19. The Morgan fingerprint density at radius 1 is 1.11 bits per heavy atom. The van der Waals surface area contributed by atoms with Crippen LogP contribution in [0.25, 0.3) is 10.9 Å². The number of fused-ring (bicyclic) bond motifs is 3. The van der Waals surface area contributed by atoms with Crippen LogP contribution in [0.1, 0.15) is 28.6 Å². The first-order chi connectivity index (χ1) is 16.4. The average molecular weight is 526 g/mol. The van der Waals surface area contributed by atoms with E-state index in [2.05, 4.69) is 15.0 Å². The van der Waals surface area contributed by atoms with E-state index in [0.29, 0.717) is 27.7 Å². The predicted molar refractivity (Wildman–Crippen MR) is 121 cm³/mol. The fourth-order valence-corrected chi connectivity index (χ4v) is 5.03. The molecule has 4 aromatic rings. The minimum atomic E-state index is -4.67. The molecule has 5 rings (SSSR count). The zero-order valence-corrected chi connectivity index (χ0v) is 19.2. The fourth-order valence-electron chi connectivity index (χ4n) is 4.36. The summed E-state index contributed by atoms with van der Waals surface area (Å²) < 4.78 is 78.4. The number of sulfonamides is 1. The molecule has 0 amide bonds. The monoisotopic (exact) mass is 525 g/mol. The standard InChI is InChI=1S/C22H16ClF4N5O2S/c23-14-5-6-15-17(18(14)24)13-8-10-32(21-29-9-7-16(31-21)22(25,26)27)20(19(13)30-15)11-1-3-12(4-2-11)35(28,33)34/h1-7,9,20,30H,8,10H2,(H2,28,33,34). The van der Waals surface area contributed by atoms with Crippen LogP contribution >= 0.6 is 11.6 Å². The quantitative estimate of drug-likeness (QED) is 0.381. The Balaban J connectivity index is 1.71. The van der Waals surface area contributed by atoms with Gasteiger partial charge in [-0.1, -0.05) is 23.7 Å². The molecule has 0 aliphatic carbocycles. The first-order valence-corrected chi connectivity index (χ1v) is 12.2. The third-order valence-corrected chi connectivity index (χ3v) is 7.11. The van der Waals surface area contributed by atoms with Gasteiger partial charge in [0.2, 0.25) is 16.0 Å². The molecule has 13 heteroatoms. The Labute approximate surface area is 201 Å². The fraction of sp³-hybridized carbons (Fsp3) is 0.182. The van der Waals surface area contributed by atoms with E-state index in [0.717, 1.165) is 12.3 Å². The summed E-state index contributed by atoms with van der Waals surface area (Å²) in [4.78, 5) is 12.4. The van der Waals surface area contributed by atoms with E-state index in [1.807, 2.05) is 0 Å². The maximum Gasteiger partial charge on any atom is 0.433 e. The number of primary sulfonamides is 1. The maximum atomic E-state index is 14.9. The second-order valence-electron chi connectivity index (χ2n) is 8.00. The molecule has 0 saturated heterocycles. The molecular formula is C22H16ClF4N5O2S. The van der Waals surface area contributed by atoms with E-state index in [-0.39, 0.29) is 28.8 Å². The number of hydrogen-bond donors (Lipinski definition) is 2. The molecule has 182 valence electrons. The van der Waals surface area contributed by atoms with Crippen LogP contribution in [-0.2, 0) is 22.6 Å². The van der Waals surface area contributed by atoms with Crippen molar-refractivity contribution < 1.29 is 26.0 Å². The number of hydrogen-bond acceptors (Lipinski definition) is 5. The van der Waals surface area contributed by atoms with Gasteiger partial charge in [-0.05, 0) is 47.9 Å². The summed E-state index contributed by atoms with van der Waals surface area (Å²) in [7, 11) is -3.96. The van der Waals surface area contributed by atoms with Crippen LogP contribution in [0.15, 0.2) is 53.6 Å². The number of alkyl halides is 3. The number of aromatic amines is 1. The van der Waals surface area contributed by atoms with Gasteiger partial charge in [-0.25, -0.2) is 27.9 Å². The Hall–Kier alpha value is -3.22. The summed E-state index contributed by atoms with van der Waals surface area (Å²) in [5.74, 6) is -0.781. The second kappa shape index (κ2) is 8.18. The second-order valence-corrected chi connectivity index (χ2v) is 9.97. The summed E-state index contributed by atoms with van der Waals surface area (Å²) in [6.45, 7) is 0.162. The lowest BCUT2D eigenvalue weighted by Gasteiger charge is -2.36. The molecule has 1 aliphatic heterocycles. The van der Waals surface area contributed by atoms with E-state index in [1.165, 1.54) is 30.3 Å². The van der Waals surface area contributed by atoms with Crippen LogP contribution in [0.2, 0.25) is 5.02 Å². The SMILES string of the molecule is NS(=O)(=O)c1ccc(C2c3[nH]c4ccc(Cl)c(F)c4c3CCN2c2nccc(C(F)(F)F)n2)cc1. The summed E-state index contributed by atoms with van der Waals surface area (Å²) >= 11 is 5.99. The van der Waals surface area contributed by atoms with Crippen molar-refractivity contribution in [2.45, 2.75) is 23.5 Å². The molecule has 0 spiro atoms. The van der Waals surface area contributed by atoms with Crippen LogP contribution in [0.4, 0.5) is 23.5 Å². The molecule has 0 radical (unpaired) electrons. The van der Waals surface area contributed by atoms with Crippen LogP contribution in [0.3, 0.4) is 0 Å². The minimum Gasteiger partial charge on any atom is -0.356 e. The highest BCUT2D eigenvalue weighted by molar-refractivity contribution is 7.89. The van der Waals surface area contributed by atoms with Gasteiger partial charge in [0.15, 0.2) is 5.82 Å². The van der Waals surface area contributed by atoms with Crippen molar-refractivity contribution in [1.29, 1.82) is 0 Å². The van der Waals surface area contributed by atoms with Crippen LogP contribution < -0.4 is 10.0 Å². The number of halogens is 5. The minimum absolute atomic E-state index is 0.0583. The lowest BCUT2D eigenvalue weighted by molar-refractivity contribution is -0.141. The van der Waals surface area contributed by atoms with Crippen molar-refractivity contribution in [2.24, 2.45) is 5.14 Å². The van der Waals surface area contributed by atoms with E-state index in [4.69, 9.17) is 16.7 Å². The Kier molecular flexibility index (Phi) is 5.49. The van der Waals surface area contributed by atoms with Gasteiger partial charge in [-0.3, -0.25) is 0 Å². The zero-order valence-electron chi connectivity index (χ0n) is 17.6. The molecule has 0 bridgehead atoms. The molecule has 1 aliphatic rings. The summed E-state index contributed by atoms with van der Waals surface area (Å²) in [5.41, 5.74) is 0.999. The van der Waals surface area contributed by atoms with E-state index in [9.17, 15) is 26.0 Å².